The Bertz CT molecular complexity index is 695. The van der Waals surface area contributed by atoms with Crippen molar-refractivity contribution in [1.29, 1.82) is 0 Å². The molecule has 3 atom stereocenters. The molecule has 0 aromatic heterocycles. The second-order valence-electron chi connectivity index (χ2n) is 9.11. The third kappa shape index (κ3) is 2.44. The summed E-state index contributed by atoms with van der Waals surface area (Å²) in [7, 11) is 1.46. The van der Waals surface area contributed by atoms with Crippen LogP contribution in [0.4, 0.5) is 0 Å². The molecule has 0 aromatic rings. The number of ketones is 2. The quantitative estimate of drug-likeness (QED) is 0.776. The van der Waals surface area contributed by atoms with Crippen LogP contribution >= 0.6 is 0 Å². The molecular weight excluding hydrogens is 316 g/mol. The largest absolute Gasteiger partial charge is 0.492 e. The Labute approximate surface area is 150 Å². The van der Waals surface area contributed by atoms with Gasteiger partial charge in [-0.25, -0.2) is 0 Å². The summed E-state index contributed by atoms with van der Waals surface area (Å²) in [5.74, 6) is -0.156. The Morgan fingerprint density at radius 2 is 1.76 bits per heavy atom. The molecular formula is C21H30O4. The zero-order chi connectivity index (χ0) is 18.7. The van der Waals surface area contributed by atoms with Gasteiger partial charge in [-0.05, 0) is 36.5 Å². The summed E-state index contributed by atoms with van der Waals surface area (Å²) in [6.45, 7) is 10.3. The van der Waals surface area contributed by atoms with Crippen molar-refractivity contribution in [2.24, 2.45) is 22.7 Å². The van der Waals surface area contributed by atoms with Gasteiger partial charge in [0.2, 0.25) is 5.78 Å². The Morgan fingerprint density at radius 1 is 1.12 bits per heavy atom. The SMILES string of the molecule is COC1=C(C(C)C)C(=O)C2=C(C1=O)C1(C)CCCC(C)(C)C1CC2O. The lowest BCUT2D eigenvalue weighted by molar-refractivity contribution is -0.124. The van der Waals surface area contributed by atoms with E-state index in [-0.39, 0.29) is 40.0 Å². The summed E-state index contributed by atoms with van der Waals surface area (Å²) < 4.78 is 5.40. The molecule has 0 heterocycles. The number of aliphatic hydroxyl groups excluding tert-OH is 1. The number of carbonyl (C=O) groups is 2. The van der Waals surface area contributed by atoms with Gasteiger partial charge in [0.05, 0.1) is 13.2 Å². The highest BCUT2D eigenvalue weighted by Crippen LogP contribution is 2.61. The number of methoxy groups -OCH3 is 1. The van der Waals surface area contributed by atoms with Crippen LogP contribution in [0.15, 0.2) is 22.5 Å². The predicted octanol–water partition coefficient (Wildman–Crippen LogP) is 3.59. The number of Topliss-reactive ketones (excluding diaryl/α,β-unsaturated/α-hetero) is 2. The van der Waals surface area contributed by atoms with E-state index in [0.717, 1.165) is 19.3 Å². The second kappa shape index (κ2) is 5.80. The molecule has 0 amide bonds. The summed E-state index contributed by atoms with van der Waals surface area (Å²) in [5.41, 5.74) is 0.920. The number of carbonyl (C=O) groups excluding carboxylic acids is 2. The first-order chi connectivity index (χ1) is 11.6. The van der Waals surface area contributed by atoms with Gasteiger partial charge in [-0.1, -0.05) is 41.0 Å². The number of fused-ring (bicyclic) bond motifs is 2. The van der Waals surface area contributed by atoms with Gasteiger partial charge < -0.3 is 9.84 Å². The molecule has 0 aliphatic heterocycles. The summed E-state index contributed by atoms with van der Waals surface area (Å²) in [6.07, 6.45) is 2.66. The van der Waals surface area contributed by atoms with Gasteiger partial charge >= 0.3 is 0 Å². The first-order valence-corrected chi connectivity index (χ1v) is 9.36. The first-order valence-electron chi connectivity index (χ1n) is 9.36. The molecule has 3 rings (SSSR count). The topological polar surface area (TPSA) is 63.6 Å². The fraction of sp³-hybridized carbons (Fsp3) is 0.714. The van der Waals surface area contributed by atoms with Crippen LogP contribution in [0.2, 0.25) is 0 Å². The minimum absolute atomic E-state index is 0.0328. The van der Waals surface area contributed by atoms with E-state index in [4.69, 9.17) is 4.74 Å². The molecule has 3 aliphatic carbocycles. The number of allylic oxidation sites excluding steroid dienone is 2. The molecule has 0 radical (unpaired) electrons. The predicted molar refractivity (Wildman–Crippen MR) is 95.8 cm³/mol. The Balaban J connectivity index is 2.23. The third-order valence-electron chi connectivity index (χ3n) is 6.81. The van der Waals surface area contributed by atoms with Crippen LogP contribution < -0.4 is 0 Å². The first kappa shape index (κ1) is 18.4. The molecule has 1 fully saturated rings. The Kier molecular flexibility index (Phi) is 4.26. The average Bonchev–Trinajstić information content (AvgIpc) is 2.50. The number of aliphatic hydroxyl groups is 1. The van der Waals surface area contributed by atoms with Crippen molar-refractivity contribution in [3.05, 3.63) is 22.5 Å². The molecule has 138 valence electrons. The van der Waals surface area contributed by atoms with E-state index in [2.05, 4.69) is 20.8 Å². The normalized spacial score (nSPS) is 35.0. The van der Waals surface area contributed by atoms with Gasteiger partial charge in [-0.15, -0.1) is 0 Å². The number of rotatable bonds is 2. The van der Waals surface area contributed by atoms with Gasteiger partial charge in [0, 0.05) is 22.1 Å². The molecule has 4 heteroatoms. The van der Waals surface area contributed by atoms with E-state index in [0.29, 0.717) is 23.1 Å². The smallest absolute Gasteiger partial charge is 0.225 e. The lowest BCUT2D eigenvalue weighted by Crippen LogP contribution is -2.52. The van der Waals surface area contributed by atoms with Gasteiger partial charge in [-0.3, -0.25) is 9.59 Å². The van der Waals surface area contributed by atoms with Crippen molar-refractivity contribution in [3.63, 3.8) is 0 Å². The zero-order valence-corrected chi connectivity index (χ0v) is 16.2. The second-order valence-corrected chi connectivity index (χ2v) is 9.11. The van der Waals surface area contributed by atoms with Crippen molar-refractivity contribution < 1.29 is 19.4 Å². The summed E-state index contributed by atoms with van der Waals surface area (Å²) in [4.78, 5) is 26.6. The van der Waals surface area contributed by atoms with Crippen LogP contribution in [0, 0.1) is 22.7 Å². The van der Waals surface area contributed by atoms with Crippen molar-refractivity contribution in [2.45, 2.75) is 66.4 Å². The number of ether oxygens (including phenoxy) is 1. The highest BCUT2D eigenvalue weighted by molar-refractivity contribution is 6.25. The van der Waals surface area contributed by atoms with Crippen LogP contribution in [0.3, 0.4) is 0 Å². The molecule has 1 N–H and O–H groups in total. The van der Waals surface area contributed by atoms with Crippen LogP contribution in [0.25, 0.3) is 0 Å². The fourth-order valence-corrected chi connectivity index (χ4v) is 5.67. The van der Waals surface area contributed by atoms with Crippen LogP contribution in [0.5, 0.6) is 0 Å². The molecule has 4 nitrogen and oxygen atoms in total. The molecule has 0 saturated heterocycles. The molecule has 25 heavy (non-hydrogen) atoms. The maximum atomic E-state index is 13.4. The zero-order valence-electron chi connectivity index (χ0n) is 16.2. The average molecular weight is 346 g/mol. The van der Waals surface area contributed by atoms with E-state index in [1.165, 1.54) is 7.11 Å². The molecule has 3 aliphatic rings. The van der Waals surface area contributed by atoms with Gasteiger partial charge in [-0.2, -0.15) is 0 Å². The third-order valence-corrected chi connectivity index (χ3v) is 6.81. The molecule has 0 aromatic carbocycles. The number of hydrogen-bond acceptors (Lipinski definition) is 4. The van der Waals surface area contributed by atoms with Gasteiger partial charge in [0.25, 0.3) is 0 Å². The minimum Gasteiger partial charge on any atom is -0.492 e. The molecule has 0 bridgehead atoms. The Morgan fingerprint density at radius 3 is 2.32 bits per heavy atom. The van der Waals surface area contributed by atoms with Gasteiger partial charge in [0.1, 0.15) is 0 Å². The molecule has 1 saturated carbocycles. The van der Waals surface area contributed by atoms with E-state index < -0.39 is 6.10 Å². The monoisotopic (exact) mass is 346 g/mol. The van der Waals surface area contributed by atoms with E-state index in [1.54, 1.807) is 0 Å². The number of hydrogen-bond donors (Lipinski definition) is 1. The molecule has 3 unspecified atom stereocenters. The maximum Gasteiger partial charge on any atom is 0.225 e. The van der Waals surface area contributed by atoms with E-state index in [9.17, 15) is 14.7 Å². The van der Waals surface area contributed by atoms with E-state index >= 15 is 0 Å². The highest BCUT2D eigenvalue weighted by atomic mass is 16.5. The summed E-state index contributed by atoms with van der Waals surface area (Å²) in [5, 5.41) is 10.8. The molecule has 0 spiro atoms. The lowest BCUT2D eigenvalue weighted by atomic mass is 9.48. The highest BCUT2D eigenvalue weighted by Gasteiger charge is 2.57. The lowest BCUT2D eigenvalue weighted by Gasteiger charge is -2.56. The fourth-order valence-electron chi connectivity index (χ4n) is 5.67. The Hall–Kier alpha value is -1.42. The van der Waals surface area contributed by atoms with Crippen molar-refractivity contribution in [3.8, 4) is 0 Å². The van der Waals surface area contributed by atoms with Crippen molar-refractivity contribution in [2.75, 3.05) is 7.11 Å². The minimum atomic E-state index is -0.867. The summed E-state index contributed by atoms with van der Waals surface area (Å²) in [6, 6.07) is 0. The van der Waals surface area contributed by atoms with Crippen LogP contribution in [-0.2, 0) is 14.3 Å². The maximum absolute atomic E-state index is 13.4. The van der Waals surface area contributed by atoms with Crippen LogP contribution in [-0.4, -0.2) is 29.9 Å². The van der Waals surface area contributed by atoms with Gasteiger partial charge in [0.15, 0.2) is 11.5 Å². The van der Waals surface area contributed by atoms with Crippen LogP contribution in [0.1, 0.15) is 60.3 Å². The van der Waals surface area contributed by atoms with Crippen molar-refractivity contribution in [1.82, 2.24) is 0 Å². The van der Waals surface area contributed by atoms with E-state index in [1.807, 2.05) is 13.8 Å². The van der Waals surface area contributed by atoms with Crippen molar-refractivity contribution >= 4 is 11.6 Å². The standard InChI is InChI=1S/C21H30O4/c1-11(2)14-17(23)15-12(22)10-13-20(3,4)8-7-9-21(13,5)16(15)18(24)19(14)25-6/h11-13,22H,7-10H2,1-6H3. The summed E-state index contributed by atoms with van der Waals surface area (Å²) >= 11 is 0.